The van der Waals surface area contributed by atoms with E-state index in [0.717, 1.165) is 5.56 Å². The number of benzene rings is 2. The number of nitrogens with zero attached hydrogens (tertiary/aromatic N) is 3. The predicted octanol–water partition coefficient (Wildman–Crippen LogP) is 3.12. The first kappa shape index (κ1) is 23.2. The average molecular weight is 491 g/mol. The van der Waals surface area contributed by atoms with E-state index in [1.165, 1.54) is 28.6 Å². The quantitative estimate of drug-likeness (QED) is 0.541. The SMILES string of the molecule is COc1ccc(-c2noc(CNC(=O)C3CCCN(S(=O)(=O)c4ccc(Cl)cc4)C3)n2)cc1. The second-order valence-corrected chi connectivity index (χ2v) is 9.99. The van der Waals surface area contributed by atoms with Crippen molar-refractivity contribution in [3.05, 3.63) is 59.4 Å². The van der Waals surface area contributed by atoms with E-state index in [2.05, 4.69) is 15.5 Å². The number of methoxy groups -OCH3 is 1. The van der Waals surface area contributed by atoms with Gasteiger partial charge >= 0.3 is 0 Å². The van der Waals surface area contributed by atoms with Crippen molar-refractivity contribution in [1.29, 1.82) is 0 Å². The number of carbonyl (C=O) groups excluding carboxylic acids is 1. The summed E-state index contributed by atoms with van der Waals surface area (Å²) in [5.74, 6) is 0.657. The molecule has 2 aromatic carbocycles. The molecular weight excluding hydrogens is 468 g/mol. The van der Waals surface area contributed by atoms with E-state index < -0.39 is 15.9 Å². The molecule has 1 amide bonds. The van der Waals surface area contributed by atoms with Crippen molar-refractivity contribution >= 4 is 27.5 Å². The molecule has 11 heteroatoms. The first-order chi connectivity index (χ1) is 15.9. The molecule has 1 saturated heterocycles. The van der Waals surface area contributed by atoms with Crippen molar-refractivity contribution in [3.8, 4) is 17.1 Å². The monoisotopic (exact) mass is 490 g/mol. The van der Waals surface area contributed by atoms with Gasteiger partial charge in [0, 0.05) is 23.7 Å². The van der Waals surface area contributed by atoms with Crippen LogP contribution in [-0.2, 0) is 21.4 Å². The third-order valence-corrected chi connectivity index (χ3v) is 7.57. The van der Waals surface area contributed by atoms with Gasteiger partial charge in [0.15, 0.2) is 0 Å². The molecule has 1 N–H and O–H groups in total. The van der Waals surface area contributed by atoms with E-state index in [9.17, 15) is 13.2 Å². The molecule has 33 heavy (non-hydrogen) atoms. The highest BCUT2D eigenvalue weighted by molar-refractivity contribution is 7.89. The fraction of sp³-hybridized carbons (Fsp3) is 0.318. The molecule has 3 aromatic rings. The summed E-state index contributed by atoms with van der Waals surface area (Å²) in [5.41, 5.74) is 0.757. The smallest absolute Gasteiger partial charge is 0.246 e. The van der Waals surface area contributed by atoms with Gasteiger partial charge in [-0.25, -0.2) is 8.42 Å². The Labute approximate surface area is 196 Å². The van der Waals surface area contributed by atoms with E-state index in [1.54, 1.807) is 19.2 Å². The van der Waals surface area contributed by atoms with E-state index in [-0.39, 0.29) is 29.8 Å². The van der Waals surface area contributed by atoms with E-state index in [4.69, 9.17) is 20.9 Å². The first-order valence-corrected chi connectivity index (χ1v) is 12.2. The van der Waals surface area contributed by atoms with Crippen LogP contribution >= 0.6 is 11.6 Å². The van der Waals surface area contributed by atoms with Gasteiger partial charge in [-0.2, -0.15) is 9.29 Å². The van der Waals surface area contributed by atoms with Crippen LogP contribution < -0.4 is 10.1 Å². The molecular formula is C22H23ClN4O5S. The van der Waals surface area contributed by atoms with Gasteiger partial charge in [-0.3, -0.25) is 4.79 Å². The summed E-state index contributed by atoms with van der Waals surface area (Å²) < 4.78 is 37.6. The lowest BCUT2D eigenvalue weighted by molar-refractivity contribution is -0.126. The number of aromatic nitrogens is 2. The normalized spacial score (nSPS) is 17.0. The fourth-order valence-corrected chi connectivity index (χ4v) is 5.27. The number of ether oxygens (including phenoxy) is 1. The van der Waals surface area contributed by atoms with Crippen molar-refractivity contribution in [1.82, 2.24) is 19.8 Å². The van der Waals surface area contributed by atoms with Crippen LogP contribution in [0, 0.1) is 5.92 Å². The van der Waals surface area contributed by atoms with Crippen molar-refractivity contribution in [2.45, 2.75) is 24.3 Å². The molecule has 1 aliphatic rings. The highest BCUT2D eigenvalue weighted by Gasteiger charge is 2.33. The molecule has 0 spiro atoms. The van der Waals surface area contributed by atoms with Gasteiger partial charge in [0.2, 0.25) is 27.6 Å². The minimum atomic E-state index is -3.70. The van der Waals surface area contributed by atoms with Crippen molar-refractivity contribution in [2.24, 2.45) is 5.92 Å². The lowest BCUT2D eigenvalue weighted by atomic mass is 9.99. The summed E-state index contributed by atoms with van der Waals surface area (Å²) in [6, 6.07) is 13.2. The number of piperidine rings is 1. The van der Waals surface area contributed by atoms with Gasteiger partial charge in [0.05, 0.1) is 24.5 Å². The maximum atomic E-state index is 12.9. The van der Waals surface area contributed by atoms with Gasteiger partial charge in [0.25, 0.3) is 0 Å². The van der Waals surface area contributed by atoms with Gasteiger partial charge in [0.1, 0.15) is 5.75 Å². The van der Waals surface area contributed by atoms with Crippen molar-refractivity contribution in [3.63, 3.8) is 0 Å². The zero-order valence-electron chi connectivity index (χ0n) is 17.9. The van der Waals surface area contributed by atoms with E-state index in [0.29, 0.717) is 36.0 Å². The van der Waals surface area contributed by atoms with Crippen LogP contribution in [-0.4, -0.2) is 49.0 Å². The number of nitrogens with one attached hydrogen (secondary N) is 1. The highest BCUT2D eigenvalue weighted by Crippen LogP contribution is 2.25. The number of sulfonamides is 1. The Balaban J connectivity index is 1.36. The Bertz CT molecular complexity index is 1210. The third kappa shape index (κ3) is 5.35. The summed E-state index contributed by atoms with van der Waals surface area (Å²) >= 11 is 5.86. The third-order valence-electron chi connectivity index (χ3n) is 5.44. The van der Waals surface area contributed by atoms with E-state index in [1.807, 2.05) is 12.1 Å². The zero-order valence-corrected chi connectivity index (χ0v) is 19.5. The average Bonchev–Trinajstić information content (AvgIpc) is 3.32. The van der Waals surface area contributed by atoms with Crippen LogP contribution in [0.3, 0.4) is 0 Å². The molecule has 1 aromatic heterocycles. The van der Waals surface area contributed by atoms with Crippen LogP contribution in [0.4, 0.5) is 0 Å². The van der Waals surface area contributed by atoms with Gasteiger partial charge in [-0.1, -0.05) is 16.8 Å². The number of hydrogen-bond donors (Lipinski definition) is 1. The minimum Gasteiger partial charge on any atom is -0.497 e. The molecule has 0 bridgehead atoms. The zero-order chi connectivity index (χ0) is 23.4. The molecule has 0 saturated carbocycles. The molecule has 1 atom stereocenters. The second kappa shape index (κ2) is 9.90. The van der Waals surface area contributed by atoms with Gasteiger partial charge < -0.3 is 14.6 Å². The molecule has 0 radical (unpaired) electrons. The lowest BCUT2D eigenvalue weighted by Gasteiger charge is -2.31. The van der Waals surface area contributed by atoms with Crippen LogP contribution in [0.2, 0.25) is 5.02 Å². The maximum absolute atomic E-state index is 12.9. The molecule has 4 rings (SSSR count). The van der Waals surface area contributed by atoms with Crippen molar-refractivity contribution < 1.29 is 22.5 Å². The number of halogens is 1. The fourth-order valence-electron chi connectivity index (χ4n) is 3.62. The highest BCUT2D eigenvalue weighted by atomic mass is 35.5. The summed E-state index contributed by atoms with van der Waals surface area (Å²) in [6.45, 7) is 0.532. The molecule has 1 aliphatic heterocycles. The molecule has 2 heterocycles. The summed E-state index contributed by atoms with van der Waals surface area (Å²) in [5, 5.41) is 7.18. The molecule has 9 nitrogen and oxygen atoms in total. The number of hydrogen-bond acceptors (Lipinski definition) is 7. The molecule has 1 fully saturated rings. The predicted molar refractivity (Wildman–Crippen MR) is 121 cm³/mol. The van der Waals surface area contributed by atoms with Crippen LogP contribution in [0.15, 0.2) is 57.9 Å². The summed E-state index contributed by atoms with van der Waals surface area (Å²) in [6.07, 6.45) is 1.19. The van der Waals surface area contributed by atoms with Gasteiger partial charge in [-0.15, -0.1) is 0 Å². The van der Waals surface area contributed by atoms with Crippen LogP contribution in [0.5, 0.6) is 5.75 Å². The van der Waals surface area contributed by atoms with Gasteiger partial charge in [-0.05, 0) is 61.4 Å². The van der Waals surface area contributed by atoms with Crippen LogP contribution in [0.25, 0.3) is 11.4 Å². The summed E-state index contributed by atoms with van der Waals surface area (Å²) in [4.78, 5) is 17.2. The van der Waals surface area contributed by atoms with E-state index >= 15 is 0 Å². The molecule has 0 aliphatic carbocycles. The molecule has 1 unspecified atom stereocenters. The maximum Gasteiger partial charge on any atom is 0.246 e. The Morgan fingerprint density at radius 1 is 1.21 bits per heavy atom. The standard InChI is InChI=1S/C22H23ClN4O5S/c1-31-18-8-4-15(5-9-18)21-25-20(32-26-21)13-24-22(28)16-3-2-12-27(14-16)33(29,30)19-10-6-17(23)7-11-19/h4-11,16H,2-3,12-14H2,1H3,(H,24,28). The Morgan fingerprint density at radius 2 is 1.94 bits per heavy atom. The number of rotatable bonds is 7. The van der Waals surface area contributed by atoms with Crippen LogP contribution in [0.1, 0.15) is 18.7 Å². The summed E-state index contributed by atoms with van der Waals surface area (Å²) in [7, 11) is -2.11. The Morgan fingerprint density at radius 3 is 2.64 bits per heavy atom. The topological polar surface area (TPSA) is 115 Å². The number of carbonyl (C=O) groups is 1. The second-order valence-electron chi connectivity index (χ2n) is 7.61. The molecule has 174 valence electrons. The Kier molecular flexibility index (Phi) is 6.96. The lowest BCUT2D eigenvalue weighted by Crippen LogP contribution is -2.45. The number of amides is 1. The first-order valence-electron chi connectivity index (χ1n) is 10.4. The Hall–Kier alpha value is -2.95. The minimum absolute atomic E-state index is 0.0580. The largest absolute Gasteiger partial charge is 0.497 e. The van der Waals surface area contributed by atoms with Crippen molar-refractivity contribution in [2.75, 3.05) is 20.2 Å².